The summed E-state index contributed by atoms with van der Waals surface area (Å²) in [5, 5.41) is 3.08. The van der Waals surface area contributed by atoms with Crippen molar-refractivity contribution in [1.82, 2.24) is 10.2 Å². The highest BCUT2D eigenvalue weighted by Gasteiger charge is 2.27. The van der Waals surface area contributed by atoms with Crippen LogP contribution in [0.4, 0.5) is 4.79 Å². The molecule has 1 aromatic carbocycles. The summed E-state index contributed by atoms with van der Waals surface area (Å²) < 4.78 is 16.9. The number of amides is 2. The summed E-state index contributed by atoms with van der Waals surface area (Å²) in [6, 6.07) is 7.53. The number of hydrogen-bond acceptors (Lipinski definition) is 3. The molecule has 0 bridgehead atoms. The summed E-state index contributed by atoms with van der Waals surface area (Å²) in [4.78, 5) is 14.8. The van der Waals surface area contributed by atoms with Crippen molar-refractivity contribution in [3.8, 4) is 0 Å². The fourth-order valence-electron chi connectivity index (χ4n) is 2.95. The molecule has 3 atom stereocenters. The molecule has 0 radical (unpaired) electrons. The zero-order valence-electron chi connectivity index (χ0n) is 14.1. The van der Waals surface area contributed by atoms with Crippen LogP contribution >= 0.6 is 0 Å². The van der Waals surface area contributed by atoms with Gasteiger partial charge in [0, 0.05) is 42.7 Å². The van der Waals surface area contributed by atoms with Gasteiger partial charge in [-0.3, -0.25) is 4.21 Å². The molecule has 0 spiro atoms. The first-order valence-electron chi connectivity index (χ1n) is 7.98. The highest BCUT2D eigenvalue weighted by molar-refractivity contribution is 7.84. The predicted octanol–water partition coefficient (Wildman–Crippen LogP) is 2.52. The van der Waals surface area contributed by atoms with E-state index in [0.717, 1.165) is 36.1 Å². The van der Waals surface area contributed by atoms with E-state index in [0.29, 0.717) is 6.54 Å². The van der Waals surface area contributed by atoms with Crippen LogP contribution in [0, 0.1) is 0 Å². The lowest BCUT2D eigenvalue weighted by molar-refractivity contribution is 0.0434. The Bertz CT molecular complexity index is 547. The summed E-state index contributed by atoms with van der Waals surface area (Å²) in [7, 11) is 2.51. The van der Waals surface area contributed by atoms with Gasteiger partial charge in [-0.05, 0) is 30.5 Å². The van der Waals surface area contributed by atoms with Crippen LogP contribution in [0.5, 0.6) is 0 Å². The van der Waals surface area contributed by atoms with Gasteiger partial charge in [0.25, 0.3) is 0 Å². The smallest absolute Gasteiger partial charge is 0.317 e. The van der Waals surface area contributed by atoms with E-state index >= 15 is 0 Å². The van der Waals surface area contributed by atoms with E-state index in [1.165, 1.54) is 0 Å². The summed E-state index contributed by atoms with van der Waals surface area (Å²) in [6.07, 6.45) is 6.02. The Kier molecular flexibility index (Phi) is 6.59. The van der Waals surface area contributed by atoms with Crippen LogP contribution in [0.15, 0.2) is 29.2 Å². The molecule has 2 rings (SSSR count). The quantitative estimate of drug-likeness (QED) is 0.897. The third-order valence-corrected chi connectivity index (χ3v) is 5.27. The van der Waals surface area contributed by atoms with Crippen LogP contribution in [0.2, 0.25) is 0 Å². The Hall–Kier alpha value is -1.40. The van der Waals surface area contributed by atoms with Gasteiger partial charge in [-0.1, -0.05) is 25.0 Å². The topological polar surface area (TPSA) is 58.6 Å². The summed E-state index contributed by atoms with van der Waals surface area (Å²) >= 11 is 0. The fraction of sp³-hybridized carbons (Fsp3) is 0.588. The number of methoxy groups -OCH3 is 1. The molecule has 1 aromatic rings. The van der Waals surface area contributed by atoms with Crippen LogP contribution in [-0.4, -0.2) is 47.7 Å². The van der Waals surface area contributed by atoms with Gasteiger partial charge in [-0.2, -0.15) is 0 Å². The van der Waals surface area contributed by atoms with Crippen molar-refractivity contribution in [2.75, 3.05) is 20.4 Å². The molecule has 1 saturated carbocycles. The molecule has 128 valence electrons. The first kappa shape index (κ1) is 17.9. The van der Waals surface area contributed by atoms with Gasteiger partial charge < -0.3 is 15.0 Å². The van der Waals surface area contributed by atoms with E-state index < -0.39 is 10.8 Å². The maximum absolute atomic E-state index is 12.4. The van der Waals surface area contributed by atoms with Crippen molar-refractivity contribution in [3.05, 3.63) is 29.8 Å². The lowest BCUT2D eigenvalue weighted by Gasteiger charge is -2.32. The van der Waals surface area contributed by atoms with Crippen LogP contribution in [0.3, 0.4) is 0 Å². The van der Waals surface area contributed by atoms with Gasteiger partial charge in [-0.25, -0.2) is 4.79 Å². The zero-order chi connectivity index (χ0) is 16.8. The average molecular weight is 338 g/mol. The molecule has 0 aliphatic heterocycles. The molecule has 23 heavy (non-hydrogen) atoms. The van der Waals surface area contributed by atoms with Gasteiger partial charge in [0.15, 0.2) is 0 Å². The molecule has 0 saturated heterocycles. The minimum atomic E-state index is -0.976. The van der Waals surface area contributed by atoms with Crippen LogP contribution in [-0.2, 0) is 22.1 Å². The molecule has 2 amide bonds. The number of carbonyl (C=O) groups is 1. The second kappa shape index (κ2) is 8.45. The van der Waals surface area contributed by atoms with E-state index in [1.54, 1.807) is 25.3 Å². The number of rotatable bonds is 5. The fourth-order valence-corrected chi connectivity index (χ4v) is 3.46. The van der Waals surface area contributed by atoms with E-state index in [1.807, 2.05) is 24.3 Å². The molecular formula is C17H26N2O3S. The first-order valence-corrected chi connectivity index (χ1v) is 9.54. The Balaban J connectivity index is 1.90. The number of urea groups is 1. The molecule has 1 aliphatic rings. The maximum atomic E-state index is 12.4. The molecule has 1 fully saturated rings. The molecular weight excluding hydrogens is 312 g/mol. The van der Waals surface area contributed by atoms with Crippen LogP contribution in [0.25, 0.3) is 0 Å². The third kappa shape index (κ3) is 5.04. The lowest BCUT2D eigenvalue weighted by atomic mass is 9.92. The lowest BCUT2D eigenvalue weighted by Crippen LogP contribution is -2.49. The van der Waals surface area contributed by atoms with Gasteiger partial charge in [0.2, 0.25) is 0 Å². The van der Waals surface area contributed by atoms with Crippen molar-refractivity contribution in [2.24, 2.45) is 0 Å². The van der Waals surface area contributed by atoms with Crippen LogP contribution < -0.4 is 5.32 Å². The van der Waals surface area contributed by atoms with Crippen molar-refractivity contribution < 1.29 is 13.7 Å². The van der Waals surface area contributed by atoms with Crippen molar-refractivity contribution in [1.29, 1.82) is 0 Å². The average Bonchev–Trinajstić information content (AvgIpc) is 2.55. The van der Waals surface area contributed by atoms with E-state index in [2.05, 4.69) is 5.32 Å². The molecule has 0 unspecified atom stereocenters. The molecule has 1 N–H and O–H groups in total. The largest absolute Gasteiger partial charge is 0.379 e. The zero-order valence-corrected chi connectivity index (χ0v) is 14.9. The molecule has 1 aliphatic carbocycles. The SMILES string of the molecule is CO[C@@H]1CCCC[C@@H]1NC(=O)N(C)Cc1ccc([S@](C)=O)cc1. The summed E-state index contributed by atoms with van der Waals surface area (Å²) in [5.74, 6) is 0. The van der Waals surface area contributed by atoms with Gasteiger partial charge in [-0.15, -0.1) is 0 Å². The molecule has 0 aromatic heterocycles. The summed E-state index contributed by atoms with van der Waals surface area (Å²) in [6.45, 7) is 0.521. The minimum Gasteiger partial charge on any atom is -0.379 e. The molecule has 5 nitrogen and oxygen atoms in total. The minimum absolute atomic E-state index is 0.0814. The standard InChI is InChI=1S/C17H26N2O3S/c1-19(12-13-8-10-14(11-9-13)23(3)21)17(20)18-15-6-4-5-7-16(15)22-2/h8-11,15-16H,4-7,12H2,1-3H3,(H,18,20)/t15-,16+,23-/m0/s1. The Morgan fingerprint density at radius 3 is 2.57 bits per heavy atom. The number of ether oxygens (including phenoxy) is 1. The van der Waals surface area contributed by atoms with Gasteiger partial charge in [0.05, 0.1) is 12.1 Å². The van der Waals surface area contributed by atoms with Crippen LogP contribution in [0.1, 0.15) is 31.2 Å². The van der Waals surface area contributed by atoms with E-state index in [-0.39, 0.29) is 18.2 Å². The van der Waals surface area contributed by atoms with Crippen molar-refractivity contribution >= 4 is 16.8 Å². The monoisotopic (exact) mass is 338 g/mol. The molecule has 6 heteroatoms. The van der Waals surface area contributed by atoms with Gasteiger partial charge >= 0.3 is 6.03 Å². The number of nitrogens with zero attached hydrogens (tertiary/aromatic N) is 1. The predicted molar refractivity (Wildman–Crippen MR) is 91.8 cm³/mol. The summed E-state index contributed by atoms with van der Waals surface area (Å²) in [5.41, 5.74) is 1.02. The van der Waals surface area contributed by atoms with Gasteiger partial charge in [0.1, 0.15) is 0 Å². The number of benzene rings is 1. The number of hydrogen-bond donors (Lipinski definition) is 1. The van der Waals surface area contributed by atoms with E-state index in [4.69, 9.17) is 4.74 Å². The molecule has 0 heterocycles. The Morgan fingerprint density at radius 1 is 1.30 bits per heavy atom. The first-order chi connectivity index (χ1) is 11.0. The number of carbonyl (C=O) groups excluding carboxylic acids is 1. The number of nitrogens with one attached hydrogen (secondary N) is 1. The van der Waals surface area contributed by atoms with E-state index in [9.17, 15) is 9.00 Å². The van der Waals surface area contributed by atoms with Crippen molar-refractivity contribution in [3.63, 3.8) is 0 Å². The highest BCUT2D eigenvalue weighted by Crippen LogP contribution is 2.21. The third-order valence-electron chi connectivity index (χ3n) is 4.34. The second-order valence-electron chi connectivity index (χ2n) is 6.07. The van der Waals surface area contributed by atoms with Crippen molar-refractivity contribution in [2.45, 2.75) is 49.3 Å². The Labute approximate surface area is 140 Å². The Morgan fingerprint density at radius 2 is 1.96 bits per heavy atom. The normalized spacial score (nSPS) is 22.4. The maximum Gasteiger partial charge on any atom is 0.317 e. The highest BCUT2D eigenvalue weighted by atomic mass is 32.2. The second-order valence-corrected chi connectivity index (χ2v) is 7.45.